The molecule has 0 aromatic carbocycles. The number of nitrogens with zero attached hydrogens (tertiary/aromatic N) is 6. The number of hydrogen-bond donors (Lipinski definition) is 2. The van der Waals surface area contributed by atoms with Crippen LogP contribution in [0.3, 0.4) is 0 Å². The van der Waals surface area contributed by atoms with Crippen LogP contribution in [0.25, 0.3) is 27.9 Å². The molecule has 0 unspecified atom stereocenters. The van der Waals surface area contributed by atoms with Crippen molar-refractivity contribution < 1.29 is 4.74 Å². The van der Waals surface area contributed by atoms with Crippen LogP contribution in [0.1, 0.15) is 31.5 Å². The van der Waals surface area contributed by atoms with Crippen molar-refractivity contribution in [2.45, 2.75) is 51.2 Å². The first-order valence-electron chi connectivity index (χ1n) is 10.8. The van der Waals surface area contributed by atoms with Crippen molar-refractivity contribution >= 4 is 22.6 Å². The predicted octanol–water partition coefficient (Wildman–Crippen LogP) is 2.78. The zero-order chi connectivity index (χ0) is 21.4. The Morgan fingerprint density at radius 2 is 2.00 bits per heavy atom. The molecule has 3 N–H and O–H groups in total. The third-order valence-corrected chi connectivity index (χ3v) is 6.10. The lowest BCUT2D eigenvalue weighted by atomic mass is 9.92. The van der Waals surface area contributed by atoms with E-state index in [0.29, 0.717) is 24.6 Å². The lowest BCUT2D eigenvalue weighted by Crippen LogP contribution is -2.33. The van der Waals surface area contributed by atoms with E-state index in [-0.39, 0.29) is 0 Å². The normalized spacial score (nSPS) is 19.3. The average molecular weight is 421 g/mol. The molecule has 0 radical (unpaired) electrons. The molecule has 0 atom stereocenters. The number of aryl methyl sites for hydroxylation is 1. The molecule has 5 rings (SSSR count). The quantitative estimate of drug-likeness (QED) is 0.494. The van der Waals surface area contributed by atoms with E-state index < -0.39 is 0 Å². The molecule has 1 aliphatic rings. The molecule has 31 heavy (non-hydrogen) atoms. The Bertz CT molecular complexity index is 1210. The molecule has 1 aliphatic carbocycles. The summed E-state index contributed by atoms with van der Waals surface area (Å²) in [5, 5.41) is 8.12. The number of aromatic nitrogens is 6. The van der Waals surface area contributed by atoms with Crippen molar-refractivity contribution in [1.29, 1.82) is 0 Å². The highest BCUT2D eigenvalue weighted by Gasteiger charge is 2.19. The van der Waals surface area contributed by atoms with Crippen LogP contribution >= 0.6 is 0 Å². The molecule has 1 saturated carbocycles. The standard InChI is InChI=1S/C22H28N8O/c1-14-25-19-8-7-18(27-21(19)29(14)11-12-31-2)17-9-10-30-20(17)13-24-22(28-30)26-16-5-3-15(23)4-6-16/h7-10,13,15-16H,3-6,11-12,23H2,1-2H3,(H,26,28). The molecule has 0 aliphatic heterocycles. The highest BCUT2D eigenvalue weighted by molar-refractivity contribution is 5.82. The highest BCUT2D eigenvalue weighted by atomic mass is 16.5. The molecule has 0 bridgehead atoms. The van der Waals surface area contributed by atoms with Crippen LogP contribution in [0.4, 0.5) is 5.95 Å². The molecule has 9 nitrogen and oxygen atoms in total. The Morgan fingerprint density at radius 1 is 1.16 bits per heavy atom. The fraction of sp³-hybridized carbons (Fsp3) is 0.455. The van der Waals surface area contributed by atoms with E-state index in [9.17, 15) is 0 Å². The first kappa shape index (κ1) is 19.9. The number of rotatable bonds is 6. The number of methoxy groups -OCH3 is 1. The minimum absolute atomic E-state index is 0.327. The Hall–Kier alpha value is -3.04. The molecule has 0 amide bonds. The van der Waals surface area contributed by atoms with E-state index in [1.807, 2.05) is 42.0 Å². The average Bonchev–Trinajstić information content (AvgIpc) is 3.33. The van der Waals surface area contributed by atoms with E-state index in [0.717, 1.165) is 66.0 Å². The van der Waals surface area contributed by atoms with Gasteiger partial charge in [-0.2, -0.15) is 0 Å². The van der Waals surface area contributed by atoms with Crippen LogP contribution in [0.5, 0.6) is 0 Å². The van der Waals surface area contributed by atoms with Gasteiger partial charge in [0, 0.05) is 37.5 Å². The molecule has 4 heterocycles. The first-order valence-corrected chi connectivity index (χ1v) is 10.8. The summed E-state index contributed by atoms with van der Waals surface area (Å²) in [7, 11) is 1.70. The number of imidazole rings is 1. The number of ether oxygens (including phenoxy) is 1. The van der Waals surface area contributed by atoms with Gasteiger partial charge in [0.05, 0.1) is 24.0 Å². The van der Waals surface area contributed by atoms with E-state index in [1.165, 1.54) is 0 Å². The Labute approximate surface area is 180 Å². The molecule has 162 valence electrons. The van der Waals surface area contributed by atoms with Crippen molar-refractivity contribution in [3.63, 3.8) is 0 Å². The lowest BCUT2D eigenvalue weighted by Gasteiger charge is -2.26. The summed E-state index contributed by atoms with van der Waals surface area (Å²) in [6, 6.07) is 6.76. The van der Waals surface area contributed by atoms with E-state index >= 15 is 0 Å². The van der Waals surface area contributed by atoms with Gasteiger partial charge in [0.25, 0.3) is 0 Å². The molecule has 1 fully saturated rings. The molecule has 9 heteroatoms. The smallest absolute Gasteiger partial charge is 0.241 e. The number of hydrogen-bond acceptors (Lipinski definition) is 7. The minimum Gasteiger partial charge on any atom is -0.383 e. The summed E-state index contributed by atoms with van der Waals surface area (Å²) >= 11 is 0. The maximum atomic E-state index is 6.01. The van der Waals surface area contributed by atoms with Gasteiger partial charge in [-0.3, -0.25) is 0 Å². The SMILES string of the molecule is COCCn1c(C)nc2ccc(-c3ccn4nc(NC5CCC(N)CC5)ncc34)nc21. The maximum Gasteiger partial charge on any atom is 0.241 e. The van der Waals surface area contributed by atoms with Crippen LogP contribution in [-0.2, 0) is 11.3 Å². The molecule has 4 aromatic rings. The summed E-state index contributed by atoms with van der Waals surface area (Å²) in [5.74, 6) is 1.58. The van der Waals surface area contributed by atoms with Gasteiger partial charge in [0.1, 0.15) is 11.3 Å². The number of nitrogens with two attached hydrogens (primary N) is 1. The van der Waals surface area contributed by atoms with Gasteiger partial charge in [0.2, 0.25) is 5.95 Å². The zero-order valence-electron chi connectivity index (χ0n) is 18.0. The lowest BCUT2D eigenvalue weighted by molar-refractivity contribution is 0.187. The third kappa shape index (κ3) is 3.86. The largest absolute Gasteiger partial charge is 0.383 e. The number of anilines is 1. The zero-order valence-corrected chi connectivity index (χ0v) is 18.0. The van der Waals surface area contributed by atoms with Gasteiger partial charge in [0.15, 0.2) is 5.65 Å². The summed E-state index contributed by atoms with van der Waals surface area (Å²) < 4.78 is 9.19. The summed E-state index contributed by atoms with van der Waals surface area (Å²) in [6.07, 6.45) is 8.01. The van der Waals surface area contributed by atoms with Gasteiger partial charge in [-0.1, -0.05) is 0 Å². The second-order valence-corrected chi connectivity index (χ2v) is 8.24. The van der Waals surface area contributed by atoms with E-state index in [1.54, 1.807) is 7.11 Å². The summed E-state index contributed by atoms with van der Waals surface area (Å²) in [6.45, 7) is 3.33. The van der Waals surface area contributed by atoms with Crippen LogP contribution < -0.4 is 11.1 Å². The van der Waals surface area contributed by atoms with Gasteiger partial charge < -0.3 is 20.4 Å². The van der Waals surface area contributed by atoms with Crippen molar-refractivity contribution in [3.8, 4) is 11.3 Å². The number of fused-ring (bicyclic) bond motifs is 2. The van der Waals surface area contributed by atoms with Gasteiger partial charge >= 0.3 is 0 Å². The topological polar surface area (TPSA) is 108 Å². The Balaban J connectivity index is 1.44. The van der Waals surface area contributed by atoms with Crippen LogP contribution in [0.15, 0.2) is 30.6 Å². The van der Waals surface area contributed by atoms with Crippen LogP contribution in [0, 0.1) is 6.92 Å². The van der Waals surface area contributed by atoms with Gasteiger partial charge in [-0.15, -0.1) is 5.10 Å². The number of nitrogens with one attached hydrogen (secondary N) is 1. The van der Waals surface area contributed by atoms with Crippen molar-refractivity contribution in [2.24, 2.45) is 5.73 Å². The highest BCUT2D eigenvalue weighted by Crippen LogP contribution is 2.27. The van der Waals surface area contributed by atoms with E-state index in [2.05, 4.69) is 25.0 Å². The summed E-state index contributed by atoms with van der Waals surface area (Å²) in [5.41, 5.74) is 10.5. The summed E-state index contributed by atoms with van der Waals surface area (Å²) in [4.78, 5) is 14.1. The molecule has 4 aromatic heterocycles. The van der Waals surface area contributed by atoms with Gasteiger partial charge in [-0.25, -0.2) is 19.5 Å². The van der Waals surface area contributed by atoms with Crippen LogP contribution in [0.2, 0.25) is 0 Å². The van der Waals surface area contributed by atoms with Gasteiger partial charge in [-0.05, 0) is 50.8 Å². The van der Waals surface area contributed by atoms with Crippen molar-refractivity contribution in [2.75, 3.05) is 19.0 Å². The number of pyridine rings is 1. The Morgan fingerprint density at radius 3 is 2.81 bits per heavy atom. The molecule has 0 saturated heterocycles. The fourth-order valence-corrected chi connectivity index (χ4v) is 4.34. The second-order valence-electron chi connectivity index (χ2n) is 8.24. The third-order valence-electron chi connectivity index (χ3n) is 6.10. The fourth-order valence-electron chi connectivity index (χ4n) is 4.34. The van der Waals surface area contributed by atoms with Crippen LogP contribution in [-0.4, -0.2) is 54.9 Å². The maximum absolute atomic E-state index is 6.01. The first-order chi connectivity index (χ1) is 15.1. The van der Waals surface area contributed by atoms with Crippen molar-refractivity contribution in [1.82, 2.24) is 29.1 Å². The molecular weight excluding hydrogens is 392 g/mol. The minimum atomic E-state index is 0.327. The Kier molecular flexibility index (Phi) is 5.29. The predicted molar refractivity (Wildman–Crippen MR) is 120 cm³/mol. The molecular formula is C22H28N8O. The van der Waals surface area contributed by atoms with Crippen molar-refractivity contribution in [3.05, 3.63) is 36.4 Å². The van der Waals surface area contributed by atoms with E-state index in [4.69, 9.17) is 15.5 Å². The monoisotopic (exact) mass is 420 g/mol. The second kappa shape index (κ2) is 8.24. The molecule has 0 spiro atoms.